The van der Waals surface area contributed by atoms with Gasteiger partial charge in [-0.15, -0.1) is 0 Å². The molecule has 1 N–H and O–H groups in total. The van der Waals surface area contributed by atoms with Crippen LogP contribution >= 0.6 is 11.6 Å². The lowest BCUT2D eigenvalue weighted by molar-refractivity contribution is 0.0497. The monoisotopic (exact) mass is 581 g/mol. The van der Waals surface area contributed by atoms with Crippen molar-refractivity contribution >= 4 is 34.4 Å². The average molecular weight is 582 g/mol. The lowest BCUT2D eigenvalue weighted by Gasteiger charge is -2.35. The van der Waals surface area contributed by atoms with E-state index in [4.69, 9.17) is 21.3 Å². The van der Waals surface area contributed by atoms with E-state index >= 15 is 0 Å². The third-order valence-electron chi connectivity index (χ3n) is 7.25. The summed E-state index contributed by atoms with van der Waals surface area (Å²) in [4.78, 5) is 23.8. The summed E-state index contributed by atoms with van der Waals surface area (Å²) in [5.41, 5.74) is 3.69. The Morgan fingerprint density at radius 3 is 2.39 bits per heavy atom. The Morgan fingerprint density at radius 1 is 1.10 bits per heavy atom. The SMILES string of the molecule is Cc1ccc([C@H](C)n2cc(Cl)c3c(N4CCC(NC(=O)OC(C)(C)C)CC4)c(-c4cc(F)cc(F)c4)cnc32)nc1. The van der Waals surface area contributed by atoms with E-state index in [1.54, 1.807) is 6.20 Å². The Kier molecular flexibility index (Phi) is 7.92. The first-order valence-corrected chi connectivity index (χ1v) is 14.1. The molecule has 0 spiro atoms. The lowest BCUT2D eigenvalue weighted by atomic mass is 9.99. The van der Waals surface area contributed by atoms with Gasteiger partial charge in [-0.05, 0) is 76.8 Å². The largest absolute Gasteiger partial charge is 0.444 e. The average Bonchev–Trinajstić information content (AvgIpc) is 3.23. The summed E-state index contributed by atoms with van der Waals surface area (Å²) in [7, 11) is 0. The Bertz CT molecular complexity index is 1550. The number of hydrogen-bond donors (Lipinski definition) is 1. The number of benzene rings is 1. The van der Waals surface area contributed by atoms with Crippen LogP contribution in [-0.4, -0.2) is 45.4 Å². The van der Waals surface area contributed by atoms with Gasteiger partial charge in [0.05, 0.1) is 27.8 Å². The van der Waals surface area contributed by atoms with E-state index in [0.717, 1.165) is 23.0 Å². The van der Waals surface area contributed by atoms with Gasteiger partial charge >= 0.3 is 6.09 Å². The molecule has 1 fully saturated rings. The number of fused-ring (bicyclic) bond motifs is 1. The van der Waals surface area contributed by atoms with Crippen molar-refractivity contribution in [2.24, 2.45) is 0 Å². The van der Waals surface area contributed by atoms with Crippen LogP contribution in [0.4, 0.5) is 19.3 Å². The van der Waals surface area contributed by atoms with Crippen LogP contribution in [0.5, 0.6) is 0 Å². The number of nitrogens with one attached hydrogen (secondary N) is 1. The molecule has 1 aliphatic rings. The molecule has 0 radical (unpaired) electrons. The van der Waals surface area contributed by atoms with E-state index in [-0.39, 0.29) is 12.1 Å². The van der Waals surface area contributed by atoms with Gasteiger partial charge in [0.2, 0.25) is 0 Å². The van der Waals surface area contributed by atoms with Crippen molar-refractivity contribution in [3.63, 3.8) is 0 Å². The number of rotatable bonds is 5. The van der Waals surface area contributed by atoms with Crippen molar-refractivity contribution in [2.75, 3.05) is 18.0 Å². The molecule has 0 bridgehead atoms. The van der Waals surface area contributed by atoms with E-state index in [9.17, 15) is 13.6 Å². The summed E-state index contributed by atoms with van der Waals surface area (Å²) in [6.07, 6.45) is 6.17. The molecular formula is C31H34ClF2N5O2. The highest BCUT2D eigenvalue weighted by Gasteiger charge is 2.29. The normalized spacial score (nSPS) is 15.3. The first-order chi connectivity index (χ1) is 19.4. The third-order valence-corrected chi connectivity index (χ3v) is 7.54. The van der Waals surface area contributed by atoms with E-state index in [0.29, 0.717) is 53.1 Å². The minimum absolute atomic E-state index is 0.0683. The number of hydrogen-bond acceptors (Lipinski definition) is 5. The number of alkyl carbamates (subject to hydrolysis) is 1. The predicted molar refractivity (Wildman–Crippen MR) is 157 cm³/mol. The lowest BCUT2D eigenvalue weighted by Crippen LogP contribution is -2.46. The van der Waals surface area contributed by atoms with E-state index in [1.165, 1.54) is 12.1 Å². The Hall–Kier alpha value is -3.72. The van der Waals surface area contributed by atoms with Gasteiger partial charge in [0.25, 0.3) is 0 Å². The fourth-order valence-electron chi connectivity index (χ4n) is 5.29. The van der Waals surface area contributed by atoms with Gasteiger partial charge in [-0.25, -0.2) is 18.6 Å². The van der Waals surface area contributed by atoms with Crippen molar-refractivity contribution in [1.29, 1.82) is 0 Å². The molecule has 5 rings (SSSR count). The fourth-order valence-corrected chi connectivity index (χ4v) is 5.57. The molecule has 0 aliphatic carbocycles. The number of carbonyl (C=O) groups excluding carboxylic acids is 1. The van der Waals surface area contributed by atoms with Gasteiger partial charge in [0.15, 0.2) is 0 Å². The maximum Gasteiger partial charge on any atom is 0.407 e. The minimum atomic E-state index is -0.672. The van der Waals surface area contributed by atoms with Crippen LogP contribution in [0.15, 0.2) is 48.9 Å². The number of ether oxygens (including phenoxy) is 1. The molecular weight excluding hydrogens is 548 g/mol. The highest BCUT2D eigenvalue weighted by Crippen LogP contribution is 2.43. The Labute approximate surface area is 243 Å². The van der Waals surface area contributed by atoms with Crippen LogP contribution in [0.3, 0.4) is 0 Å². The summed E-state index contributed by atoms with van der Waals surface area (Å²) >= 11 is 6.91. The molecule has 4 heterocycles. The zero-order chi connectivity index (χ0) is 29.5. The molecule has 10 heteroatoms. The molecule has 1 aliphatic heterocycles. The van der Waals surface area contributed by atoms with E-state index < -0.39 is 23.3 Å². The van der Waals surface area contributed by atoms with Crippen LogP contribution in [0.2, 0.25) is 5.02 Å². The second kappa shape index (κ2) is 11.3. The summed E-state index contributed by atoms with van der Waals surface area (Å²) in [5, 5.41) is 4.14. The number of piperidine rings is 1. The van der Waals surface area contributed by atoms with E-state index in [1.807, 2.05) is 63.7 Å². The highest BCUT2D eigenvalue weighted by atomic mass is 35.5. The number of amides is 1. The number of nitrogens with zero attached hydrogens (tertiary/aromatic N) is 4. The Balaban J connectivity index is 1.54. The van der Waals surface area contributed by atoms with Crippen molar-refractivity contribution in [2.45, 2.75) is 65.1 Å². The highest BCUT2D eigenvalue weighted by molar-refractivity contribution is 6.37. The molecule has 1 saturated heterocycles. The number of aromatic nitrogens is 3. The van der Waals surface area contributed by atoms with Gasteiger partial charge in [0.1, 0.15) is 22.9 Å². The third kappa shape index (κ3) is 6.30. The molecule has 7 nitrogen and oxygen atoms in total. The van der Waals surface area contributed by atoms with Gasteiger partial charge in [-0.3, -0.25) is 4.98 Å². The number of pyridine rings is 2. The fraction of sp³-hybridized carbons (Fsp3) is 0.387. The molecule has 0 saturated carbocycles. The number of carbonyl (C=O) groups is 1. The molecule has 3 aromatic heterocycles. The topological polar surface area (TPSA) is 72.3 Å². The minimum Gasteiger partial charge on any atom is -0.444 e. The van der Waals surface area contributed by atoms with Crippen LogP contribution in [-0.2, 0) is 4.74 Å². The van der Waals surface area contributed by atoms with Crippen molar-refractivity contribution < 1.29 is 18.3 Å². The second-order valence-corrected chi connectivity index (χ2v) is 12.0. The molecule has 4 aromatic rings. The molecule has 1 aromatic carbocycles. The number of aryl methyl sites for hydroxylation is 1. The Morgan fingerprint density at radius 2 is 1.78 bits per heavy atom. The second-order valence-electron chi connectivity index (χ2n) is 11.6. The standard InChI is InChI=1S/C31H34ClF2N5O2/c1-18-6-7-26(35-15-18)19(2)39-17-25(32)27-28(24(16-36-29(27)39)20-12-21(33)14-22(34)13-20)38-10-8-23(9-11-38)37-30(40)41-31(3,4)5/h6-7,12-17,19,23H,8-11H2,1-5H3,(H,37,40)/t19-/m0/s1. The first-order valence-electron chi connectivity index (χ1n) is 13.7. The van der Waals surface area contributed by atoms with Crippen molar-refractivity contribution in [3.05, 3.63) is 76.8 Å². The van der Waals surface area contributed by atoms with Gasteiger partial charge in [-0.2, -0.15) is 0 Å². The van der Waals surface area contributed by atoms with Gasteiger partial charge < -0.3 is 19.5 Å². The molecule has 1 atom stereocenters. The summed E-state index contributed by atoms with van der Waals surface area (Å²) in [6, 6.07) is 7.21. The predicted octanol–water partition coefficient (Wildman–Crippen LogP) is 7.44. The molecule has 1 amide bonds. The van der Waals surface area contributed by atoms with E-state index in [2.05, 4.69) is 15.2 Å². The van der Waals surface area contributed by atoms with Crippen LogP contribution < -0.4 is 10.2 Å². The van der Waals surface area contributed by atoms with Crippen molar-refractivity contribution in [3.8, 4) is 11.1 Å². The van der Waals surface area contributed by atoms with Gasteiger partial charge in [0, 0.05) is 49.4 Å². The van der Waals surface area contributed by atoms with Gasteiger partial charge in [-0.1, -0.05) is 17.7 Å². The summed E-state index contributed by atoms with van der Waals surface area (Å²) < 4.78 is 36.1. The van der Waals surface area contributed by atoms with Crippen LogP contribution in [0, 0.1) is 18.6 Å². The number of halogens is 3. The molecule has 41 heavy (non-hydrogen) atoms. The summed E-state index contributed by atoms with van der Waals surface area (Å²) in [6.45, 7) is 10.7. The number of anilines is 1. The summed E-state index contributed by atoms with van der Waals surface area (Å²) in [5.74, 6) is -1.34. The molecule has 0 unspecified atom stereocenters. The maximum atomic E-state index is 14.3. The first kappa shape index (κ1) is 28.8. The maximum absolute atomic E-state index is 14.3. The molecule has 216 valence electrons. The zero-order valence-electron chi connectivity index (χ0n) is 23.8. The quantitative estimate of drug-likeness (QED) is 0.265. The van der Waals surface area contributed by atoms with Crippen LogP contribution in [0.1, 0.15) is 57.8 Å². The smallest absolute Gasteiger partial charge is 0.407 e. The van der Waals surface area contributed by atoms with Crippen molar-refractivity contribution in [1.82, 2.24) is 19.9 Å². The zero-order valence-corrected chi connectivity index (χ0v) is 24.6. The van der Waals surface area contributed by atoms with Crippen LogP contribution in [0.25, 0.3) is 22.2 Å².